The van der Waals surface area contributed by atoms with E-state index in [4.69, 9.17) is 4.89 Å². The summed E-state index contributed by atoms with van der Waals surface area (Å²) in [6, 6.07) is -0.631. The van der Waals surface area contributed by atoms with Gasteiger partial charge in [0.25, 0.3) is 7.82 Å². The Kier molecular flexibility index (Phi) is 12.9. The number of hydrogen-bond acceptors (Lipinski definition) is 6. The van der Waals surface area contributed by atoms with Gasteiger partial charge >= 0.3 is 0 Å². The van der Waals surface area contributed by atoms with E-state index in [0.717, 1.165) is 0 Å². The molecule has 26 heavy (non-hydrogen) atoms. The molecule has 10 nitrogen and oxygen atoms in total. The smallest absolute Gasteiger partial charge is 0.265 e. The first-order valence-electron chi connectivity index (χ1n) is 8.59. The van der Waals surface area contributed by atoms with E-state index in [1.807, 2.05) is 0 Å². The van der Waals surface area contributed by atoms with E-state index in [0.29, 0.717) is 51.6 Å². The predicted molar refractivity (Wildman–Crippen MR) is 92.8 cm³/mol. The average Bonchev–Trinajstić information content (AvgIpc) is 2.50. The summed E-state index contributed by atoms with van der Waals surface area (Å²) in [6.45, 7) is 3.58. The van der Waals surface area contributed by atoms with Gasteiger partial charge in [-0.1, -0.05) is 0 Å². The zero-order chi connectivity index (χ0) is 20.0. The van der Waals surface area contributed by atoms with Gasteiger partial charge in [-0.25, -0.2) is 0 Å². The van der Waals surface area contributed by atoms with Crippen molar-refractivity contribution in [3.8, 4) is 0 Å². The van der Waals surface area contributed by atoms with Crippen LogP contribution >= 0.6 is 7.82 Å². The van der Waals surface area contributed by atoms with Gasteiger partial charge in [0.1, 0.15) is 6.04 Å². The summed E-state index contributed by atoms with van der Waals surface area (Å²) in [5.74, 6) is -0.686. The van der Waals surface area contributed by atoms with Crippen LogP contribution in [0.5, 0.6) is 0 Å². The Morgan fingerprint density at radius 1 is 1.00 bits per heavy atom. The summed E-state index contributed by atoms with van der Waals surface area (Å²) in [7, 11) is -4.67. The molecule has 0 fully saturated rings. The molecule has 11 heteroatoms. The number of unbranched alkanes of at least 4 members (excludes halogenated alkanes) is 3. The fraction of sp³-hybridized carbons (Fsp3) is 0.800. The molecule has 0 saturated carbocycles. The fourth-order valence-corrected chi connectivity index (χ4v) is 2.53. The molecule has 0 aliphatic heterocycles. The zero-order valence-corrected chi connectivity index (χ0v) is 16.2. The molecule has 0 bridgehead atoms. The summed E-state index contributed by atoms with van der Waals surface area (Å²) in [5, 5.41) is 8.00. The number of amides is 3. The van der Waals surface area contributed by atoms with Crippen molar-refractivity contribution in [1.29, 1.82) is 0 Å². The molecular formula is C15H29N3O7P-. The standard InChI is InChI=1S/C15H30N3O7P/c1-12(19)16-9-6-4-8-14(18-13(2)20)15(21)17-10-5-3-7-11-25-26(22,23)24/h14H,3-11H2,1-2H3,(H,16,19)(H,17,21)(H,18,20)(H2,22,23,24)/p-1. The van der Waals surface area contributed by atoms with Crippen molar-refractivity contribution in [2.24, 2.45) is 0 Å². The average molecular weight is 394 g/mol. The molecule has 0 aliphatic rings. The topological polar surface area (TPSA) is 157 Å². The lowest BCUT2D eigenvalue weighted by molar-refractivity contribution is -0.219. The van der Waals surface area contributed by atoms with Crippen LogP contribution in [0, 0.1) is 0 Å². The number of hydrogen-bond donors (Lipinski definition) is 4. The van der Waals surface area contributed by atoms with Gasteiger partial charge in [0.15, 0.2) is 0 Å². The highest BCUT2D eigenvalue weighted by molar-refractivity contribution is 7.44. The largest absolute Gasteiger partial charge is 0.756 e. The third-order valence-electron chi connectivity index (χ3n) is 3.36. The third-order valence-corrected chi connectivity index (χ3v) is 3.87. The molecule has 0 aromatic heterocycles. The van der Waals surface area contributed by atoms with Crippen molar-refractivity contribution >= 4 is 25.5 Å². The Bertz CT molecular complexity index is 496. The number of nitrogens with one attached hydrogen (secondary N) is 3. The normalized spacial score (nSPS) is 14.2. The molecule has 0 heterocycles. The van der Waals surface area contributed by atoms with Gasteiger partial charge in [0, 0.05) is 26.9 Å². The van der Waals surface area contributed by atoms with E-state index in [1.54, 1.807) is 0 Å². The van der Waals surface area contributed by atoms with Crippen molar-refractivity contribution in [2.45, 2.75) is 58.4 Å². The Hall–Kier alpha value is -1.48. The Morgan fingerprint density at radius 2 is 1.62 bits per heavy atom. The lowest BCUT2D eigenvalue weighted by atomic mass is 10.1. The number of phosphoric acid groups is 1. The van der Waals surface area contributed by atoms with Gasteiger partial charge in [-0.3, -0.25) is 18.9 Å². The highest BCUT2D eigenvalue weighted by atomic mass is 31.2. The van der Waals surface area contributed by atoms with Crippen LogP contribution in [-0.2, 0) is 23.5 Å². The van der Waals surface area contributed by atoms with Crippen LogP contribution < -0.4 is 20.8 Å². The quantitative estimate of drug-likeness (QED) is 0.230. The number of carbonyl (C=O) groups excluding carboxylic acids is 3. The summed E-state index contributed by atoms with van der Waals surface area (Å²) in [6.07, 6.45) is 3.50. The second kappa shape index (κ2) is 13.7. The second-order valence-corrected chi connectivity index (χ2v) is 7.08. The van der Waals surface area contributed by atoms with Gasteiger partial charge in [0.2, 0.25) is 17.7 Å². The van der Waals surface area contributed by atoms with E-state index in [1.165, 1.54) is 13.8 Å². The van der Waals surface area contributed by atoms with Gasteiger partial charge in [-0.2, -0.15) is 0 Å². The molecule has 0 aromatic rings. The highest BCUT2D eigenvalue weighted by Gasteiger charge is 2.18. The first kappa shape index (κ1) is 24.5. The molecule has 0 aliphatic carbocycles. The third kappa shape index (κ3) is 16.0. The molecule has 0 saturated heterocycles. The molecule has 2 unspecified atom stereocenters. The van der Waals surface area contributed by atoms with Crippen LogP contribution in [0.3, 0.4) is 0 Å². The first-order chi connectivity index (χ1) is 12.1. The Labute approximate surface area is 153 Å². The van der Waals surface area contributed by atoms with Crippen LogP contribution in [-0.4, -0.2) is 48.4 Å². The highest BCUT2D eigenvalue weighted by Crippen LogP contribution is 2.30. The van der Waals surface area contributed by atoms with Gasteiger partial charge in [0.05, 0.1) is 6.61 Å². The first-order valence-corrected chi connectivity index (χ1v) is 10.1. The summed E-state index contributed by atoms with van der Waals surface area (Å²) < 4.78 is 14.6. The van der Waals surface area contributed by atoms with Crippen molar-refractivity contribution < 1.29 is 33.3 Å². The lowest BCUT2D eigenvalue weighted by Gasteiger charge is -2.18. The van der Waals surface area contributed by atoms with Gasteiger partial charge < -0.3 is 30.3 Å². The molecule has 2 atom stereocenters. The van der Waals surface area contributed by atoms with Gasteiger partial charge in [-0.05, 0) is 38.5 Å². The van der Waals surface area contributed by atoms with Crippen molar-refractivity contribution in [2.75, 3.05) is 19.7 Å². The van der Waals surface area contributed by atoms with Crippen molar-refractivity contribution in [3.63, 3.8) is 0 Å². The summed E-state index contributed by atoms with van der Waals surface area (Å²) in [4.78, 5) is 53.0. The summed E-state index contributed by atoms with van der Waals surface area (Å²) in [5.41, 5.74) is 0. The minimum Gasteiger partial charge on any atom is -0.756 e. The molecular weight excluding hydrogens is 365 g/mol. The Balaban J connectivity index is 3.98. The van der Waals surface area contributed by atoms with Crippen LogP contribution in [0.4, 0.5) is 0 Å². The zero-order valence-electron chi connectivity index (χ0n) is 15.3. The van der Waals surface area contributed by atoms with Gasteiger partial charge in [-0.15, -0.1) is 0 Å². The van der Waals surface area contributed by atoms with E-state index >= 15 is 0 Å². The molecule has 4 N–H and O–H groups in total. The minimum absolute atomic E-state index is 0.103. The summed E-state index contributed by atoms with van der Waals surface area (Å²) >= 11 is 0. The van der Waals surface area contributed by atoms with Crippen LogP contribution in [0.25, 0.3) is 0 Å². The number of carbonyl (C=O) groups is 3. The Morgan fingerprint density at radius 3 is 2.19 bits per heavy atom. The van der Waals surface area contributed by atoms with Crippen LogP contribution in [0.1, 0.15) is 52.4 Å². The monoisotopic (exact) mass is 394 g/mol. The minimum atomic E-state index is -4.67. The maximum Gasteiger partial charge on any atom is 0.265 e. The number of phosphoric ester groups is 1. The maximum atomic E-state index is 12.1. The SMILES string of the molecule is CC(=O)NCCCCC(NC(C)=O)C(=O)NCCCCCOP(=O)([O-])O. The van der Waals surface area contributed by atoms with E-state index < -0.39 is 13.9 Å². The lowest BCUT2D eigenvalue weighted by Crippen LogP contribution is -2.46. The van der Waals surface area contributed by atoms with Crippen molar-refractivity contribution in [3.05, 3.63) is 0 Å². The second-order valence-electron chi connectivity index (χ2n) is 5.89. The van der Waals surface area contributed by atoms with E-state index in [2.05, 4.69) is 20.5 Å². The maximum absolute atomic E-state index is 12.1. The van der Waals surface area contributed by atoms with Crippen LogP contribution in [0.15, 0.2) is 0 Å². The molecule has 0 rings (SSSR count). The number of rotatable bonds is 14. The molecule has 0 radical (unpaired) electrons. The molecule has 152 valence electrons. The van der Waals surface area contributed by atoms with E-state index in [-0.39, 0.29) is 24.3 Å². The van der Waals surface area contributed by atoms with E-state index in [9.17, 15) is 23.8 Å². The van der Waals surface area contributed by atoms with Crippen LogP contribution in [0.2, 0.25) is 0 Å². The molecule has 0 spiro atoms. The van der Waals surface area contributed by atoms with Crippen molar-refractivity contribution in [1.82, 2.24) is 16.0 Å². The fourth-order valence-electron chi connectivity index (χ4n) is 2.17. The molecule has 0 aromatic carbocycles. The molecule has 3 amide bonds. The predicted octanol–water partition coefficient (Wildman–Crippen LogP) is -0.439.